The first kappa shape index (κ1) is 21.5. The standard InChI is InChI=1S/C23H34N2O4/c1-2-28-21(26)23(15-18-29-20-11-7-4-8-12-20)13-16-25(17-14-23)22(27)24-19-9-5-3-6-10-19/h4,7-8,11-12,19H,2-3,5-6,9-10,13-18H2,1H3,(H,24,27). The lowest BCUT2D eigenvalue weighted by molar-refractivity contribution is -0.159. The number of likely N-dealkylation sites (tertiary alicyclic amines) is 1. The summed E-state index contributed by atoms with van der Waals surface area (Å²) in [5.41, 5.74) is -0.577. The van der Waals surface area contributed by atoms with Crippen molar-refractivity contribution in [2.24, 2.45) is 5.41 Å². The maximum absolute atomic E-state index is 12.8. The maximum atomic E-state index is 12.8. The normalized spacial score (nSPS) is 19.4. The van der Waals surface area contributed by atoms with Crippen LogP contribution in [0.3, 0.4) is 0 Å². The first-order valence-corrected chi connectivity index (χ1v) is 11.0. The number of urea groups is 1. The lowest BCUT2D eigenvalue weighted by atomic mass is 9.76. The zero-order valence-corrected chi connectivity index (χ0v) is 17.5. The number of carbonyl (C=O) groups excluding carboxylic acids is 2. The van der Waals surface area contributed by atoms with E-state index in [1.165, 1.54) is 19.3 Å². The number of amides is 2. The van der Waals surface area contributed by atoms with Crippen LogP contribution in [0.2, 0.25) is 0 Å². The Balaban J connectivity index is 1.54. The molecule has 2 amide bonds. The largest absolute Gasteiger partial charge is 0.494 e. The molecule has 2 fully saturated rings. The summed E-state index contributed by atoms with van der Waals surface area (Å²) in [7, 11) is 0. The zero-order chi connectivity index (χ0) is 20.5. The van der Waals surface area contributed by atoms with Crippen molar-refractivity contribution >= 4 is 12.0 Å². The van der Waals surface area contributed by atoms with Gasteiger partial charge in [-0.05, 0) is 51.2 Å². The predicted octanol–water partition coefficient (Wildman–Crippen LogP) is 4.14. The molecule has 0 atom stereocenters. The summed E-state index contributed by atoms with van der Waals surface area (Å²) >= 11 is 0. The number of para-hydroxylation sites is 1. The fourth-order valence-electron chi connectivity index (χ4n) is 4.37. The molecule has 1 aliphatic carbocycles. The SMILES string of the molecule is CCOC(=O)C1(CCOc2ccccc2)CCN(C(=O)NC2CCCCC2)CC1. The quantitative estimate of drug-likeness (QED) is 0.696. The number of benzene rings is 1. The summed E-state index contributed by atoms with van der Waals surface area (Å²) in [6.07, 6.45) is 7.62. The Morgan fingerprint density at radius 3 is 2.45 bits per heavy atom. The van der Waals surface area contributed by atoms with Crippen LogP contribution in [0.5, 0.6) is 5.75 Å². The summed E-state index contributed by atoms with van der Waals surface area (Å²) in [4.78, 5) is 27.3. The number of hydrogen-bond acceptors (Lipinski definition) is 4. The molecule has 0 unspecified atom stereocenters. The van der Waals surface area contributed by atoms with Crippen LogP contribution in [0.4, 0.5) is 4.79 Å². The molecule has 0 radical (unpaired) electrons. The highest BCUT2D eigenvalue weighted by Gasteiger charge is 2.43. The van der Waals surface area contributed by atoms with E-state index in [-0.39, 0.29) is 12.0 Å². The molecule has 0 bridgehead atoms. The van der Waals surface area contributed by atoms with Crippen LogP contribution in [-0.2, 0) is 9.53 Å². The van der Waals surface area contributed by atoms with E-state index in [2.05, 4.69) is 5.32 Å². The van der Waals surface area contributed by atoms with Crippen LogP contribution in [-0.4, -0.2) is 49.2 Å². The fourth-order valence-corrected chi connectivity index (χ4v) is 4.37. The van der Waals surface area contributed by atoms with E-state index in [0.29, 0.717) is 51.6 Å². The van der Waals surface area contributed by atoms with E-state index in [4.69, 9.17) is 9.47 Å². The summed E-state index contributed by atoms with van der Waals surface area (Å²) in [5.74, 6) is 0.639. The van der Waals surface area contributed by atoms with Gasteiger partial charge < -0.3 is 19.7 Å². The number of carbonyl (C=O) groups is 2. The molecule has 6 nitrogen and oxygen atoms in total. The Hall–Kier alpha value is -2.24. The highest BCUT2D eigenvalue weighted by Crippen LogP contribution is 2.37. The average molecular weight is 403 g/mol. The average Bonchev–Trinajstić information content (AvgIpc) is 2.76. The minimum absolute atomic E-state index is 0.00916. The first-order valence-electron chi connectivity index (χ1n) is 11.0. The van der Waals surface area contributed by atoms with Gasteiger partial charge in [-0.25, -0.2) is 4.79 Å². The molecular formula is C23H34N2O4. The lowest BCUT2D eigenvalue weighted by Crippen LogP contribution is -2.52. The molecule has 1 aromatic rings. The van der Waals surface area contributed by atoms with Crippen LogP contribution in [0, 0.1) is 5.41 Å². The van der Waals surface area contributed by atoms with E-state index in [0.717, 1.165) is 18.6 Å². The van der Waals surface area contributed by atoms with Gasteiger partial charge in [-0.1, -0.05) is 37.5 Å². The number of piperidine rings is 1. The second-order valence-electron chi connectivity index (χ2n) is 8.18. The van der Waals surface area contributed by atoms with Crippen molar-refractivity contribution in [3.63, 3.8) is 0 Å². The second kappa shape index (κ2) is 10.5. The maximum Gasteiger partial charge on any atom is 0.317 e. The van der Waals surface area contributed by atoms with Crippen molar-refractivity contribution in [1.29, 1.82) is 0 Å². The zero-order valence-electron chi connectivity index (χ0n) is 17.5. The molecular weight excluding hydrogens is 368 g/mol. The van der Waals surface area contributed by atoms with Gasteiger partial charge in [-0.15, -0.1) is 0 Å². The molecule has 0 spiro atoms. The van der Waals surface area contributed by atoms with Crippen LogP contribution in [0.25, 0.3) is 0 Å². The lowest BCUT2D eigenvalue weighted by Gasteiger charge is -2.40. The van der Waals surface area contributed by atoms with Gasteiger partial charge >= 0.3 is 12.0 Å². The monoisotopic (exact) mass is 402 g/mol. The van der Waals surface area contributed by atoms with Crippen LogP contribution < -0.4 is 10.1 Å². The highest BCUT2D eigenvalue weighted by atomic mass is 16.5. The number of nitrogens with one attached hydrogen (secondary N) is 1. The minimum Gasteiger partial charge on any atom is -0.494 e. The smallest absolute Gasteiger partial charge is 0.317 e. The number of ether oxygens (including phenoxy) is 2. The van der Waals surface area contributed by atoms with Gasteiger partial charge in [0.2, 0.25) is 0 Å². The van der Waals surface area contributed by atoms with Gasteiger partial charge in [0.25, 0.3) is 0 Å². The molecule has 1 N–H and O–H groups in total. The molecule has 3 rings (SSSR count). The number of hydrogen-bond donors (Lipinski definition) is 1. The van der Waals surface area contributed by atoms with Gasteiger partial charge in [0.05, 0.1) is 18.6 Å². The van der Waals surface area contributed by atoms with Crippen LogP contribution in [0.1, 0.15) is 58.3 Å². The topological polar surface area (TPSA) is 67.9 Å². The molecule has 1 saturated heterocycles. The third kappa shape index (κ3) is 5.87. The molecule has 2 aliphatic rings. The Kier molecular flexibility index (Phi) is 7.78. The van der Waals surface area contributed by atoms with Crippen LogP contribution in [0.15, 0.2) is 30.3 Å². The first-order chi connectivity index (χ1) is 14.1. The van der Waals surface area contributed by atoms with Gasteiger partial charge in [0.1, 0.15) is 5.75 Å². The fraction of sp³-hybridized carbons (Fsp3) is 0.652. The summed E-state index contributed by atoms with van der Waals surface area (Å²) in [6, 6.07) is 9.94. The molecule has 1 saturated carbocycles. The molecule has 160 valence electrons. The van der Waals surface area contributed by atoms with E-state index in [1.807, 2.05) is 42.2 Å². The summed E-state index contributed by atoms with van der Waals surface area (Å²) in [6.45, 7) is 3.80. The Morgan fingerprint density at radius 1 is 1.10 bits per heavy atom. The van der Waals surface area contributed by atoms with Crippen molar-refractivity contribution in [3.8, 4) is 5.75 Å². The summed E-state index contributed by atoms with van der Waals surface area (Å²) < 4.78 is 11.2. The molecule has 1 heterocycles. The highest BCUT2D eigenvalue weighted by molar-refractivity contribution is 5.78. The van der Waals surface area contributed by atoms with Crippen molar-refractivity contribution in [2.75, 3.05) is 26.3 Å². The van der Waals surface area contributed by atoms with Gasteiger partial charge in [-0.3, -0.25) is 4.79 Å². The Labute approximate surface area is 173 Å². The second-order valence-corrected chi connectivity index (χ2v) is 8.18. The molecule has 1 aliphatic heterocycles. The number of rotatable bonds is 7. The van der Waals surface area contributed by atoms with Crippen molar-refractivity contribution < 1.29 is 19.1 Å². The van der Waals surface area contributed by atoms with Crippen molar-refractivity contribution in [3.05, 3.63) is 30.3 Å². The summed E-state index contributed by atoms with van der Waals surface area (Å²) in [5, 5.41) is 3.18. The Bertz CT molecular complexity index is 650. The Morgan fingerprint density at radius 2 is 1.79 bits per heavy atom. The van der Waals surface area contributed by atoms with E-state index >= 15 is 0 Å². The van der Waals surface area contributed by atoms with E-state index in [1.54, 1.807) is 0 Å². The predicted molar refractivity (Wildman–Crippen MR) is 112 cm³/mol. The van der Waals surface area contributed by atoms with E-state index in [9.17, 15) is 9.59 Å². The van der Waals surface area contributed by atoms with Gasteiger partial charge in [-0.2, -0.15) is 0 Å². The van der Waals surface area contributed by atoms with E-state index < -0.39 is 5.41 Å². The molecule has 1 aromatic carbocycles. The third-order valence-corrected chi connectivity index (χ3v) is 6.24. The molecule has 6 heteroatoms. The third-order valence-electron chi connectivity index (χ3n) is 6.24. The van der Waals surface area contributed by atoms with Crippen molar-refractivity contribution in [1.82, 2.24) is 10.2 Å². The van der Waals surface area contributed by atoms with Crippen molar-refractivity contribution in [2.45, 2.75) is 64.3 Å². The van der Waals surface area contributed by atoms with Gasteiger partial charge in [0, 0.05) is 19.1 Å². The minimum atomic E-state index is -0.577. The molecule has 29 heavy (non-hydrogen) atoms. The number of nitrogens with zero attached hydrogens (tertiary/aromatic N) is 1. The number of esters is 1. The van der Waals surface area contributed by atoms with Gasteiger partial charge in [0.15, 0.2) is 0 Å². The molecule has 0 aromatic heterocycles. The van der Waals surface area contributed by atoms with Crippen LogP contribution >= 0.6 is 0 Å².